The number of methoxy groups -OCH3 is 1. The van der Waals surface area contributed by atoms with E-state index in [1.165, 1.54) is 187 Å². The monoisotopic (exact) mass is 753 g/mol. The van der Waals surface area contributed by atoms with Gasteiger partial charge >= 0.3 is 11.9 Å². The zero-order valence-electron chi connectivity index (χ0n) is 35.4. The standard InChI is InChI=1S/C46H88O7/c1-4-6-8-10-12-14-16-18-20-22-24-26-28-30-32-34-36-38-42(48)52-44-41(40-47)51-46(50-3)45(44)53-43(49)39-37-35-33-31-29-27-25-23-21-19-17-15-13-11-9-7-5-2/h41,44-47H,4-40H2,1-3H3/t41-,44-,45-,46-/m1/s1. The molecule has 1 saturated heterocycles. The summed E-state index contributed by atoms with van der Waals surface area (Å²) < 4.78 is 22.6. The van der Waals surface area contributed by atoms with E-state index in [-0.39, 0.29) is 18.5 Å². The fourth-order valence-electron chi connectivity index (χ4n) is 7.71. The average Bonchev–Trinajstić information content (AvgIpc) is 3.49. The van der Waals surface area contributed by atoms with E-state index in [0.717, 1.165) is 38.5 Å². The number of unbranched alkanes of at least 4 members (excludes halogenated alkanes) is 32. The Balaban J connectivity index is 2.09. The molecule has 0 unspecified atom stereocenters. The quantitative estimate of drug-likeness (QED) is 0.0492. The van der Waals surface area contributed by atoms with Crippen LogP contribution in [0.2, 0.25) is 0 Å². The number of esters is 2. The lowest BCUT2D eigenvalue weighted by Crippen LogP contribution is -2.41. The van der Waals surface area contributed by atoms with Gasteiger partial charge in [-0.05, 0) is 12.8 Å². The molecule has 1 fully saturated rings. The molecule has 0 bridgehead atoms. The Hall–Kier alpha value is -1.18. The molecule has 1 aliphatic heterocycles. The van der Waals surface area contributed by atoms with E-state index in [1.807, 2.05) is 0 Å². The van der Waals surface area contributed by atoms with Crippen LogP contribution < -0.4 is 0 Å². The van der Waals surface area contributed by atoms with E-state index in [0.29, 0.717) is 12.8 Å². The third-order valence-corrected chi connectivity index (χ3v) is 11.2. The third kappa shape index (κ3) is 28.8. The molecule has 314 valence electrons. The molecule has 1 heterocycles. The van der Waals surface area contributed by atoms with Crippen molar-refractivity contribution in [3.63, 3.8) is 0 Å². The van der Waals surface area contributed by atoms with Crippen molar-refractivity contribution < 1.29 is 33.6 Å². The van der Waals surface area contributed by atoms with Crippen LogP contribution in [-0.2, 0) is 28.5 Å². The van der Waals surface area contributed by atoms with Crippen molar-refractivity contribution in [2.75, 3.05) is 13.7 Å². The van der Waals surface area contributed by atoms with Crippen LogP contribution in [0.4, 0.5) is 0 Å². The van der Waals surface area contributed by atoms with Crippen molar-refractivity contribution in [3.05, 3.63) is 0 Å². The number of carbonyl (C=O) groups excluding carboxylic acids is 2. The lowest BCUT2D eigenvalue weighted by Gasteiger charge is -2.23. The third-order valence-electron chi connectivity index (χ3n) is 11.2. The van der Waals surface area contributed by atoms with Crippen LogP contribution in [0, 0.1) is 0 Å². The molecular formula is C46H88O7. The van der Waals surface area contributed by atoms with Gasteiger partial charge in [0.2, 0.25) is 0 Å². The zero-order valence-corrected chi connectivity index (χ0v) is 35.4. The highest BCUT2D eigenvalue weighted by Gasteiger charge is 2.49. The summed E-state index contributed by atoms with van der Waals surface area (Å²) in [5.74, 6) is -0.682. The largest absolute Gasteiger partial charge is 0.455 e. The second kappa shape index (κ2) is 37.7. The van der Waals surface area contributed by atoms with Gasteiger partial charge in [0.05, 0.1) is 6.61 Å². The smallest absolute Gasteiger partial charge is 0.306 e. The fraction of sp³-hybridized carbons (Fsp3) is 0.957. The van der Waals surface area contributed by atoms with E-state index in [9.17, 15) is 14.7 Å². The number of rotatable bonds is 40. The van der Waals surface area contributed by atoms with Crippen molar-refractivity contribution in [2.24, 2.45) is 0 Å². The van der Waals surface area contributed by atoms with Gasteiger partial charge in [0.15, 0.2) is 18.5 Å². The summed E-state index contributed by atoms with van der Waals surface area (Å²) >= 11 is 0. The molecule has 0 radical (unpaired) electrons. The highest BCUT2D eigenvalue weighted by atomic mass is 16.7. The number of hydrogen-bond donors (Lipinski definition) is 1. The summed E-state index contributed by atoms with van der Waals surface area (Å²) in [5.41, 5.74) is 0. The number of carbonyl (C=O) groups is 2. The maximum atomic E-state index is 12.8. The van der Waals surface area contributed by atoms with Gasteiger partial charge in [-0.3, -0.25) is 9.59 Å². The van der Waals surface area contributed by atoms with Crippen LogP contribution in [0.3, 0.4) is 0 Å². The first-order valence-corrected chi connectivity index (χ1v) is 23.2. The number of aliphatic hydroxyl groups is 1. The Morgan fingerprint density at radius 3 is 0.962 bits per heavy atom. The first-order chi connectivity index (χ1) is 26.1. The summed E-state index contributed by atoms with van der Waals surface area (Å²) in [6.07, 6.45) is 41.1. The van der Waals surface area contributed by atoms with Gasteiger partial charge < -0.3 is 24.1 Å². The van der Waals surface area contributed by atoms with E-state index < -0.39 is 24.6 Å². The Labute approximate surface area is 328 Å². The Morgan fingerprint density at radius 1 is 0.434 bits per heavy atom. The summed E-state index contributed by atoms with van der Waals surface area (Å²) in [7, 11) is 1.47. The molecule has 1 rings (SSSR count). The molecule has 1 aliphatic rings. The van der Waals surface area contributed by atoms with E-state index in [4.69, 9.17) is 18.9 Å². The Kier molecular flexibility index (Phi) is 35.5. The molecular weight excluding hydrogens is 664 g/mol. The van der Waals surface area contributed by atoms with Crippen molar-refractivity contribution in [1.82, 2.24) is 0 Å². The molecule has 1 N–H and O–H groups in total. The number of aliphatic hydroxyl groups excluding tert-OH is 1. The molecule has 7 heteroatoms. The minimum Gasteiger partial charge on any atom is -0.455 e. The minimum atomic E-state index is -0.880. The van der Waals surface area contributed by atoms with E-state index in [1.54, 1.807) is 0 Å². The van der Waals surface area contributed by atoms with Gasteiger partial charge in [-0.15, -0.1) is 0 Å². The van der Waals surface area contributed by atoms with Crippen LogP contribution in [-0.4, -0.2) is 55.4 Å². The minimum absolute atomic E-state index is 0.310. The van der Waals surface area contributed by atoms with Crippen LogP contribution in [0.15, 0.2) is 0 Å². The topological polar surface area (TPSA) is 91.3 Å². The van der Waals surface area contributed by atoms with Crippen LogP contribution in [0.25, 0.3) is 0 Å². The second-order valence-corrected chi connectivity index (χ2v) is 16.2. The summed E-state index contributed by atoms with van der Waals surface area (Å²) in [6, 6.07) is 0. The van der Waals surface area contributed by atoms with Crippen LogP contribution >= 0.6 is 0 Å². The van der Waals surface area contributed by atoms with E-state index in [2.05, 4.69) is 13.8 Å². The first kappa shape index (κ1) is 49.8. The van der Waals surface area contributed by atoms with Gasteiger partial charge in [-0.1, -0.05) is 219 Å². The van der Waals surface area contributed by atoms with Crippen molar-refractivity contribution in [2.45, 2.75) is 270 Å². The Morgan fingerprint density at radius 2 is 0.698 bits per heavy atom. The van der Waals surface area contributed by atoms with Gasteiger partial charge in [0, 0.05) is 20.0 Å². The van der Waals surface area contributed by atoms with Crippen molar-refractivity contribution in [3.8, 4) is 0 Å². The predicted octanol–water partition coefficient (Wildman–Crippen LogP) is 13.3. The lowest BCUT2D eigenvalue weighted by atomic mass is 10.0. The fourth-order valence-corrected chi connectivity index (χ4v) is 7.71. The normalized spacial score (nSPS) is 18.5. The highest BCUT2D eigenvalue weighted by Crippen LogP contribution is 2.28. The molecule has 0 aromatic heterocycles. The maximum absolute atomic E-state index is 12.8. The maximum Gasteiger partial charge on any atom is 0.306 e. The van der Waals surface area contributed by atoms with Gasteiger partial charge in [0.1, 0.15) is 6.10 Å². The zero-order chi connectivity index (χ0) is 38.5. The molecule has 4 atom stereocenters. The molecule has 0 spiro atoms. The van der Waals surface area contributed by atoms with Crippen molar-refractivity contribution >= 4 is 11.9 Å². The first-order valence-electron chi connectivity index (χ1n) is 23.2. The molecule has 0 aromatic carbocycles. The van der Waals surface area contributed by atoms with E-state index >= 15 is 0 Å². The molecule has 53 heavy (non-hydrogen) atoms. The Bertz CT molecular complexity index is 741. The van der Waals surface area contributed by atoms with Gasteiger partial charge in [-0.2, -0.15) is 0 Å². The van der Waals surface area contributed by atoms with Gasteiger partial charge in [-0.25, -0.2) is 0 Å². The summed E-state index contributed by atoms with van der Waals surface area (Å²) in [5, 5.41) is 9.90. The highest BCUT2D eigenvalue weighted by molar-refractivity contribution is 5.70. The lowest BCUT2D eigenvalue weighted by molar-refractivity contribution is -0.183. The second-order valence-electron chi connectivity index (χ2n) is 16.2. The molecule has 0 aromatic rings. The molecule has 0 saturated carbocycles. The predicted molar refractivity (Wildman–Crippen MR) is 220 cm³/mol. The average molecular weight is 753 g/mol. The number of hydrogen-bond acceptors (Lipinski definition) is 7. The molecule has 7 nitrogen and oxygen atoms in total. The molecule has 0 amide bonds. The van der Waals surface area contributed by atoms with Crippen LogP contribution in [0.1, 0.15) is 245 Å². The number of ether oxygens (including phenoxy) is 4. The summed E-state index contributed by atoms with van der Waals surface area (Å²) in [4.78, 5) is 25.5. The van der Waals surface area contributed by atoms with Gasteiger partial charge in [0.25, 0.3) is 0 Å². The SMILES string of the molecule is CCCCCCCCCCCCCCCCCCCC(=O)O[C@H]1[C@H](OC)O[C@H](CO)[C@H]1OC(=O)CCCCCCCCCCCCCCCCCCC. The molecule has 0 aliphatic carbocycles. The van der Waals surface area contributed by atoms with Crippen LogP contribution in [0.5, 0.6) is 0 Å². The van der Waals surface area contributed by atoms with Crippen molar-refractivity contribution in [1.29, 1.82) is 0 Å². The summed E-state index contributed by atoms with van der Waals surface area (Å²) in [6.45, 7) is 4.21.